The zero-order chi connectivity index (χ0) is 33.8. The molecule has 4 aromatic rings. The first-order valence-corrected chi connectivity index (χ1v) is 19.4. The third kappa shape index (κ3) is 13.5. The Kier molecular flexibility index (Phi) is 16.7. The van der Waals surface area contributed by atoms with Crippen LogP contribution in [0.1, 0.15) is 148 Å². The van der Waals surface area contributed by atoms with Gasteiger partial charge in [-0.25, -0.2) is 0 Å². The van der Waals surface area contributed by atoms with Crippen molar-refractivity contribution in [2.24, 2.45) is 0 Å². The van der Waals surface area contributed by atoms with Crippen molar-refractivity contribution >= 4 is 11.4 Å². The number of benzene rings is 4. The maximum Gasteiger partial charge on any atom is 0.0314 e. The highest BCUT2D eigenvalue weighted by Gasteiger charge is 2.08. The van der Waals surface area contributed by atoms with Gasteiger partial charge in [-0.15, -0.1) is 0 Å². The van der Waals surface area contributed by atoms with E-state index in [0.717, 1.165) is 24.2 Å². The summed E-state index contributed by atoms with van der Waals surface area (Å²) in [5.41, 5.74) is 25.3. The van der Waals surface area contributed by atoms with Gasteiger partial charge in [0.2, 0.25) is 0 Å². The van der Waals surface area contributed by atoms with Gasteiger partial charge in [-0.05, 0) is 133 Å². The van der Waals surface area contributed by atoms with Gasteiger partial charge in [0, 0.05) is 11.4 Å². The lowest BCUT2D eigenvalue weighted by Gasteiger charge is -2.13. The monoisotopic (exact) mass is 645 g/mol. The van der Waals surface area contributed by atoms with Crippen LogP contribution in [0.15, 0.2) is 84.9 Å². The van der Waals surface area contributed by atoms with E-state index in [0.29, 0.717) is 0 Å². The van der Waals surface area contributed by atoms with E-state index in [-0.39, 0.29) is 0 Å². The Labute approximate surface area is 293 Å². The van der Waals surface area contributed by atoms with Crippen molar-refractivity contribution in [3.63, 3.8) is 0 Å². The molecule has 2 nitrogen and oxygen atoms in total. The Morgan fingerprint density at radius 1 is 0.333 bits per heavy atom. The Hall–Kier alpha value is -3.52. The third-order valence-corrected chi connectivity index (χ3v) is 10.1. The molecule has 4 rings (SSSR count). The van der Waals surface area contributed by atoms with Crippen molar-refractivity contribution in [2.45, 2.75) is 142 Å². The SMILES string of the molecule is CCCCc1cc(Cc2ccc(N)cc2)ccc1CCCCCCCCCCCCc1ccc(Cc2ccc(N)cc2)cc1CCCC. The molecule has 0 aromatic heterocycles. The molecule has 48 heavy (non-hydrogen) atoms. The minimum Gasteiger partial charge on any atom is -0.399 e. The van der Waals surface area contributed by atoms with E-state index in [1.807, 2.05) is 24.3 Å². The van der Waals surface area contributed by atoms with Crippen LogP contribution in [0.25, 0.3) is 0 Å². The average Bonchev–Trinajstić information content (AvgIpc) is 3.10. The summed E-state index contributed by atoms with van der Waals surface area (Å²) in [4.78, 5) is 0. The summed E-state index contributed by atoms with van der Waals surface area (Å²) in [7, 11) is 0. The second-order valence-electron chi connectivity index (χ2n) is 14.3. The predicted octanol–water partition coefficient (Wildman–Crippen LogP) is 12.4. The number of anilines is 2. The Balaban J connectivity index is 1.08. The summed E-state index contributed by atoms with van der Waals surface area (Å²) in [6.45, 7) is 4.60. The molecule has 4 N–H and O–H groups in total. The van der Waals surface area contributed by atoms with Crippen LogP contribution in [0.3, 0.4) is 0 Å². The molecule has 2 heteroatoms. The van der Waals surface area contributed by atoms with E-state index in [1.165, 1.54) is 138 Å². The van der Waals surface area contributed by atoms with Crippen LogP contribution in [0.5, 0.6) is 0 Å². The molecule has 0 bridgehead atoms. The van der Waals surface area contributed by atoms with Crippen LogP contribution in [-0.2, 0) is 38.5 Å². The van der Waals surface area contributed by atoms with Crippen LogP contribution in [-0.4, -0.2) is 0 Å². The van der Waals surface area contributed by atoms with Crippen LogP contribution in [0, 0.1) is 0 Å². The molecule has 0 radical (unpaired) electrons. The standard InChI is InChI=1S/C46H64N2/c1-3-5-17-43-35-39(33-37-23-29-45(47)30-24-37)21-27-41(43)19-15-13-11-9-7-8-10-12-14-16-20-42-28-22-40(36-44(42)18-6-4-2)34-38-25-31-46(48)32-26-38/h21-32,35-36H,3-20,33-34,47-48H2,1-2H3. The number of hydrogen-bond donors (Lipinski definition) is 2. The molecular weight excluding hydrogens is 581 g/mol. The summed E-state index contributed by atoms with van der Waals surface area (Å²) in [6.07, 6.45) is 25.6. The molecule has 258 valence electrons. The van der Waals surface area contributed by atoms with Gasteiger partial charge < -0.3 is 11.5 Å². The van der Waals surface area contributed by atoms with Gasteiger partial charge in [0.25, 0.3) is 0 Å². The van der Waals surface area contributed by atoms with Gasteiger partial charge >= 0.3 is 0 Å². The molecule has 0 aliphatic rings. The molecule has 4 aromatic carbocycles. The van der Waals surface area contributed by atoms with E-state index < -0.39 is 0 Å². The topological polar surface area (TPSA) is 52.0 Å². The molecule has 0 amide bonds. The summed E-state index contributed by atoms with van der Waals surface area (Å²) >= 11 is 0. The largest absolute Gasteiger partial charge is 0.399 e. The number of nitrogens with two attached hydrogens (primary N) is 2. The molecule has 0 saturated carbocycles. The van der Waals surface area contributed by atoms with E-state index >= 15 is 0 Å². The van der Waals surface area contributed by atoms with Crippen molar-refractivity contribution in [1.29, 1.82) is 0 Å². The third-order valence-electron chi connectivity index (χ3n) is 10.1. The molecule has 0 fully saturated rings. The van der Waals surface area contributed by atoms with Crippen LogP contribution in [0.2, 0.25) is 0 Å². The number of unbranched alkanes of at least 4 members (excludes halogenated alkanes) is 11. The fourth-order valence-corrected chi connectivity index (χ4v) is 7.05. The Bertz CT molecular complexity index is 1340. The summed E-state index contributed by atoms with van der Waals surface area (Å²) in [6, 6.07) is 31.2. The first-order valence-electron chi connectivity index (χ1n) is 19.4. The van der Waals surface area contributed by atoms with Gasteiger partial charge in [-0.1, -0.05) is 139 Å². The van der Waals surface area contributed by atoms with Gasteiger partial charge in [0.15, 0.2) is 0 Å². The second-order valence-corrected chi connectivity index (χ2v) is 14.3. The summed E-state index contributed by atoms with van der Waals surface area (Å²) in [5.74, 6) is 0. The predicted molar refractivity (Wildman–Crippen MR) is 211 cm³/mol. The Morgan fingerprint density at radius 2 is 0.646 bits per heavy atom. The van der Waals surface area contributed by atoms with Gasteiger partial charge in [-0.3, -0.25) is 0 Å². The zero-order valence-electron chi connectivity index (χ0n) is 30.4. The fraction of sp³-hybridized carbons (Fsp3) is 0.478. The highest BCUT2D eigenvalue weighted by Crippen LogP contribution is 2.23. The first kappa shape index (κ1) is 37.3. The maximum atomic E-state index is 5.88. The lowest BCUT2D eigenvalue weighted by Crippen LogP contribution is -1.99. The fourth-order valence-electron chi connectivity index (χ4n) is 7.05. The molecular formula is C46H64N2. The van der Waals surface area contributed by atoms with Gasteiger partial charge in [0.05, 0.1) is 0 Å². The molecule has 0 spiro atoms. The first-order chi connectivity index (χ1) is 23.5. The lowest BCUT2D eigenvalue weighted by atomic mass is 9.93. The maximum absolute atomic E-state index is 5.88. The van der Waals surface area contributed by atoms with E-state index in [4.69, 9.17) is 11.5 Å². The quantitative estimate of drug-likeness (QED) is 0.0623. The van der Waals surface area contributed by atoms with Crippen LogP contribution in [0.4, 0.5) is 11.4 Å². The zero-order valence-corrected chi connectivity index (χ0v) is 30.4. The van der Waals surface area contributed by atoms with Gasteiger partial charge in [-0.2, -0.15) is 0 Å². The minimum absolute atomic E-state index is 0.838. The molecule has 0 saturated heterocycles. The summed E-state index contributed by atoms with van der Waals surface area (Å²) in [5, 5.41) is 0. The van der Waals surface area contributed by atoms with E-state index in [9.17, 15) is 0 Å². The second kappa shape index (κ2) is 21.5. The highest BCUT2D eigenvalue weighted by atomic mass is 14.5. The Morgan fingerprint density at radius 3 is 1.00 bits per heavy atom. The normalized spacial score (nSPS) is 11.3. The van der Waals surface area contributed by atoms with Crippen molar-refractivity contribution in [1.82, 2.24) is 0 Å². The van der Waals surface area contributed by atoms with Crippen molar-refractivity contribution in [3.8, 4) is 0 Å². The van der Waals surface area contributed by atoms with Crippen LogP contribution < -0.4 is 11.5 Å². The molecule has 0 aliphatic heterocycles. The number of rotatable bonds is 23. The van der Waals surface area contributed by atoms with Crippen LogP contribution >= 0.6 is 0 Å². The smallest absolute Gasteiger partial charge is 0.0314 e. The number of nitrogen functional groups attached to an aromatic ring is 2. The van der Waals surface area contributed by atoms with Crippen molar-refractivity contribution in [3.05, 3.63) is 129 Å². The molecule has 0 heterocycles. The average molecular weight is 645 g/mol. The number of aryl methyl sites for hydroxylation is 4. The number of hydrogen-bond acceptors (Lipinski definition) is 2. The highest BCUT2D eigenvalue weighted by molar-refractivity contribution is 5.43. The lowest BCUT2D eigenvalue weighted by molar-refractivity contribution is 0.550. The summed E-state index contributed by atoms with van der Waals surface area (Å²) < 4.78 is 0. The van der Waals surface area contributed by atoms with E-state index in [2.05, 4.69) is 74.5 Å². The van der Waals surface area contributed by atoms with E-state index in [1.54, 1.807) is 22.3 Å². The van der Waals surface area contributed by atoms with Crippen molar-refractivity contribution in [2.75, 3.05) is 11.5 Å². The molecule has 0 unspecified atom stereocenters. The van der Waals surface area contributed by atoms with Gasteiger partial charge in [0.1, 0.15) is 0 Å². The molecule has 0 aliphatic carbocycles. The van der Waals surface area contributed by atoms with Crippen molar-refractivity contribution < 1.29 is 0 Å². The molecule has 0 atom stereocenters. The minimum atomic E-state index is 0.838.